The van der Waals surface area contributed by atoms with Crippen molar-refractivity contribution in [1.82, 2.24) is 0 Å². The maximum absolute atomic E-state index is 4.48. The first-order chi connectivity index (χ1) is 10.9. The Bertz CT molecular complexity index is 639. The van der Waals surface area contributed by atoms with Gasteiger partial charge in [0, 0.05) is 0 Å². The maximum atomic E-state index is 4.48. The summed E-state index contributed by atoms with van der Waals surface area (Å²) in [6, 6.07) is 1.26. The largest absolute Gasteiger partial charge is 1.00 e. The molecule has 2 aliphatic carbocycles. The van der Waals surface area contributed by atoms with Gasteiger partial charge in [0.25, 0.3) is 0 Å². The summed E-state index contributed by atoms with van der Waals surface area (Å²) >= 11 is -0.783. The van der Waals surface area contributed by atoms with Crippen molar-refractivity contribution in [2.24, 2.45) is 0 Å². The fraction of sp³-hybridized carbons (Fsp3) is 0.545. The zero-order valence-electron chi connectivity index (χ0n) is 17.7. The minimum Gasteiger partial charge on any atom is -1.00 e. The molecule has 0 saturated heterocycles. The van der Waals surface area contributed by atoms with Crippen LogP contribution >= 0.6 is 0 Å². The Labute approximate surface area is 186 Å². The summed E-state index contributed by atoms with van der Waals surface area (Å²) in [5.41, 5.74) is 7.82. The summed E-state index contributed by atoms with van der Waals surface area (Å²) in [7, 11) is -1.08. The summed E-state index contributed by atoms with van der Waals surface area (Å²) < 4.78 is 0.651. The summed E-state index contributed by atoms with van der Waals surface area (Å²) in [5, 5.41) is 0. The molecule has 0 saturated carbocycles. The van der Waals surface area contributed by atoms with Crippen LogP contribution in [0.3, 0.4) is 0 Å². The van der Waals surface area contributed by atoms with Gasteiger partial charge >= 0.3 is 163 Å². The molecule has 144 valence electrons. The topological polar surface area (TPSA) is 0 Å². The fourth-order valence-corrected chi connectivity index (χ4v) is 11.7. The molecule has 0 amide bonds. The maximum Gasteiger partial charge on any atom is -1.00 e. The molecular weight excluding hydrogens is 454 g/mol. The summed E-state index contributed by atoms with van der Waals surface area (Å²) in [5.74, 6) is 0. The molecule has 0 bridgehead atoms. The van der Waals surface area contributed by atoms with Gasteiger partial charge in [-0.1, -0.05) is 0 Å². The summed E-state index contributed by atoms with van der Waals surface area (Å²) in [6.07, 6.45) is 10.7. The average Bonchev–Trinajstić information content (AvgIpc) is 2.93. The van der Waals surface area contributed by atoms with Crippen molar-refractivity contribution in [3.8, 4) is 0 Å². The van der Waals surface area contributed by atoms with Crippen molar-refractivity contribution in [2.75, 3.05) is 0 Å². The van der Waals surface area contributed by atoms with E-state index in [1.54, 1.807) is 11.1 Å². The molecule has 0 N–H and O–H groups in total. The smallest absolute Gasteiger partial charge is 1.00 e. The average molecular weight is 489 g/mol. The predicted molar refractivity (Wildman–Crippen MR) is 108 cm³/mol. The number of allylic oxidation sites excluding steroid dienone is 9. The van der Waals surface area contributed by atoms with Gasteiger partial charge in [0.15, 0.2) is 0 Å². The molecule has 0 radical (unpaired) electrons. The van der Waals surface area contributed by atoms with Gasteiger partial charge in [0.1, 0.15) is 0 Å². The molecule has 0 atom stereocenters. The van der Waals surface area contributed by atoms with Crippen LogP contribution < -0.4 is 24.8 Å². The van der Waals surface area contributed by atoms with E-state index in [0.717, 1.165) is 0 Å². The van der Waals surface area contributed by atoms with E-state index in [9.17, 15) is 0 Å². The molecule has 0 nitrogen and oxygen atoms in total. The van der Waals surface area contributed by atoms with E-state index in [1.165, 1.54) is 29.2 Å². The van der Waals surface area contributed by atoms with Gasteiger partial charge in [0.2, 0.25) is 0 Å². The van der Waals surface area contributed by atoms with Crippen LogP contribution in [0.2, 0.25) is 31.9 Å². The Morgan fingerprint density at radius 3 is 1.77 bits per heavy atom. The van der Waals surface area contributed by atoms with E-state index in [-0.39, 0.29) is 24.8 Å². The number of hydrogen-bond acceptors (Lipinski definition) is 0. The summed E-state index contributed by atoms with van der Waals surface area (Å²) in [4.78, 5) is 0. The van der Waals surface area contributed by atoms with E-state index in [4.69, 9.17) is 0 Å². The van der Waals surface area contributed by atoms with Gasteiger partial charge in [-0.15, -0.1) is 0 Å². The molecule has 0 aromatic heterocycles. The molecule has 0 heterocycles. The third-order valence-electron chi connectivity index (χ3n) is 5.89. The Hall–Kier alpha value is 0.380. The Morgan fingerprint density at radius 1 is 0.962 bits per heavy atom. The first-order valence-corrected chi connectivity index (χ1v) is 15.3. The molecule has 0 aromatic rings. The quantitative estimate of drug-likeness (QED) is 0.393. The normalized spacial score (nSPS) is 20.0. The van der Waals surface area contributed by atoms with Crippen molar-refractivity contribution in [1.29, 1.82) is 0 Å². The zero-order valence-corrected chi connectivity index (χ0v) is 22.7. The van der Waals surface area contributed by atoms with Crippen molar-refractivity contribution >= 4 is 8.07 Å². The monoisotopic (exact) mass is 486 g/mol. The third kappa shape index (κ3) is 5.47. The minimum absolute atomic E-state index is 0. The van der Waals surface area contributed by atoms with Gasteiger partial charge in [-0.25, -0.2) is 0 Å². The van der Waals surface area contributed by atoms with E-state index >= 15 is 0 Å². The van der Waals surface area contributed by atoms with Crippen LogP contribution in [-0.2, 0) is 23.2 Å². The molecule has 2 rings (SSSR count). The second kappa shape index (κ2) is 9.25. The summed E-state index contributed by atoms with van der Waals surface area (Å²) in [6.45, 7) is 23.8. The zero-order chi connectivity index (χ0) is 18.3. The first-order valence-electron chi connectivity index (χ1n) is 9.10. The van der Waals surface area contributed by atoms with Crippen LogP contribution in [0.4, 0.5) is 0 Å². The van der Waals surface area contributed by atoms with Gasteiger partial charge in [0.05, 0.1) is 0 Å². The fourth-order valence-electron chi connectivity index (χ4n) is 4.23. The third-order valence-corrected chi connectivity index (χ3v) is 12.9. The van der Waals surface area contributed by atoms with Crippen LogP contribution in [-0.4, -0.2) is 8.07 Å². The Morgan fingerprint density at radius 2 is 1.38 bits per heavy atom. The van der Waals surface area contributed by atoms with Gasteiger partial charge in [-0.3, -0.25) is 0 Å². The van der Waals surface area contributed by atoms with Crippen molar-refractivity contribution < 1.29 is 48.0 Å². The second-order valence-electron chi connectivity index (χ2n) is 9.17. The van der Waals surface area contributed by atoms with E-state index in [2.05, 4.69) is 85.1 Å². The van der Waals surface area contributed by atoms with Crippen molar-refractivity contribution in [2.45, 2.75) is 73.0 Å². The van der Waals surface area contributed by atoms with Crippen molar-refractivity contribution in [3.63, 3.8) is 0 Å². The molecule has 0 aromatic carbocycles. The molecule has 26 heavy (non-hydrogen) atoms. The van der Waals surface area contributed by atoms with Gasteiger partial charge in [-0.05, 0) is 0 Å². The number of hydrogen-bond donors (Lipinski definition) is 0. The Balaban J connectivity index is 0.00000312. The van der Waals surface area contributed by atoms with Gasteiger partial charge in [-0.2, -0.15) is 0 Å². The second-order valence-corrected chi connectivity index (χ2v) is 20.0. The van der Waals surface area contributed by atoms with Crippen LogP contribution in [0.5, 0.6) is 0 Å². The molecule has 0 fully saturated rings. The minimum atomic E-state index is -1.08. The molecule has 2 aliphatic rings. The molecule has 4 heteroatoms. The molecular formula is C22H34Cl2SiZr. The van der Waals surface area contributed by atoms with Crippen LogP contribution in [0.1, 0.15) is 41.0 Å². The Kier molecular flexibility index (Phi) is 9.39. The molecule has 0 unspecified atom stereocenters. The molecule has 0 aliphatic heterocycles. The van der Waals surface area contributed by atoms with Crippen LogP contribution in [0.15, 0.2) is 58.7 Å². The van der Waals surface area contributed by atoms with Gasteiger partial charge < -0.3 is 24.8 Å². The molecule has 0 spiro atoms. The van der Waals surface area contributed by atoms with E-state index in [1.807, 2.05) is 0 Å². The predicted octanol–water partition coefficient (Wildman–Crippen LogP) is 1.51. The van der Waals surface area contributed by atoms with Crippen LogP contribution in [0.25, 0.3) is 0 Å². The van der Waals surface area contributed by atoms with E-state index < -0.39 is 31.3 Å². The standard InChI is InChI=1S/C12H19Si.C10H15.2ClH.Zr/c1-11(10-13(2,3)4)9-12-7-5-6-8-12;1-6-7(2)9(4)10(5)8(6)3;;;/h5-8H,1,9-10H2,2-4H3;1-5H3;2*1H;/q;;;;+2/p-2. The number of halogens is 2. The van der Waals surface area contributed by atoms with E-state index in [0.29, 0.717) is 6.25 Å². The van der Waals surface area contributed by atoms with Crippen LogP contribution in [0, 0.1) is 0 Å². The van der Waals surface area contributed by atoms with Crippen molar-refractivity contribution in [3.05, 3.63) is 58.7 Å². The first kappa shape index (κ1) is 26.4. The number of rotatable bonds is 6. The SMILES string of the molecule is C=C(C[C]1([Zr+2][C]2(C)C(C)=C(C)C(C)=C2C)C=CC=C1)C[Si](C)(C)C.[Cl-].[Cl-].